The summed E-state index contributed by atoms with van der Waals surface area (Å²) in [5, 5.41) is 3.53. The average Bonchev–Trinajstić information content (AvgIpc) is 2.12. The zero-order valence-electron chi connectivity index (χ0n) is 9.98. The molecule has 1 atom stereocenters. The van der Waals surface area contributed by atoms with E-state index >= 15 is 0 Å². The maximum absolute atomic E-state index is 5.77. The first kappa shape index (κ1) is 14.2. The topological polar surface area (TPSA) is 12.0 Å². The number of hydrogen-bond acceptors (Lipinski definition) is 1. The van der Waals surface area contributed by atoms with Crippen molar-refractivity contribution in [3.63, 3.8) is 0 Å². The summed E-state index contributed by atoms with van der Waals surface area (Å²) in [6.45, 7) is 9.08. The molecule has 0 bridgehead atoms. The van der Waals surface area contributed by atoms with Crippen LogP contribution in [0, 0.1) is 11.8 Å². The van der Waals surface area contributed by atoms with Crippen molar-refractivity contribution in [1.29, 1.82) is 0 Å². The van der Waals surface area contributed by atoms with Crippen molar-refractivity contribution in [1.82, 2.24) is 5.32 Å². The second-order valence-electron chi connectivity index (χ2n) is 4.52. The maximum Gasteiger partial charge on any atom is 0.0226 e. The molecule has 0 saturated heterocycles. The molecule has 0 rings (SSSR count). The first-order chi connectivity index (χ1) is 6.70. The van der Waals surface area contributed by atoms with Crippen molar-refractivity contribution in [3.05, 3.63) is 0 Å². The number of alkyl halides is 1. The molecule has 0 saturated carbocycles. The molecule has 1 unspecified atom stereocenters. The summed E-state index contributed by atoms with van der Waals surface area (Å²) in [4.78, 5) is 0. The Hall–Kier alpha value is 0.250. The molecule has 0 aliphatic carbocycles. The molecule has 0 spiro atoms. The van der Waals surface area contributed by atoms with Crippen LogP contribution >= 0.6 is 11.6 Å². The minimum absolute atomic E-state index is 0.782. The largest absolute Gasteiger partial charge is 0.316 e. The van der Waals surface area contributed by atoms with Crippen LogP contribution in [0.25, 0.3) is 0 Å². The normalized spacial score (nSPS) is 13.5. The molecular weight excluding hydrogens is 194 g/mol. The van der Waals surface area contributed by atoms with Gasteiger partial charge in [-0.05, 0) is 44.2 Å². The van der Waals surface area contributed by atoms with Crippen LogP contribution in [0.3, 0.4) is 0 Å². The van der Waals surface area contributed by atoms with E-state index in [1.165, 1.54) is 19.3 Å². The van der Waals surface area contributed by atoms with Crippen LogP contribution in [0.4, 0.5) is 0 Å². The van der Waals surface area contributed by atoms with Gasteiger partial charge in [-0.3, -0.25) is 0 Å². The lowest BCUT2D eigenvalue weighted by Gasteiger charge is -2.16. The monoisotopic (exact) mass is 219 g/mol. The fraction of sp³-hybridized carbons (Fsp3) is 1.00. The van der Waals surface area contributed by atoms with Crippen molar-refractivity contribution in [2.75, 3.05) is 19.0 Å². The van der Waals surface area contributed by atoms with Crippen molar-refractivity contribution < 1.29 is 0 Å². The summed E-state index contributed by atoms with van der Waals surface area (Å²) >= 11 is 5.77. The minimum Gasteiger partial charge on any atom is -0.316 e. The molecule has 0 aliphatic heterocycles. The zero-order valence-corrected chi connectivity index (χ0v) is 10.7. The van der Waals surface area contributed by atoms with Crippen LogP contribution in [0.5, 0.6) is 0 Å². The average molecular weight is 220 g/mol. The van der Waals surface area contributed by atoms with Crippen molar-refractivity contribution in [2.24, 2.45) is 11.8 Å². The van der Waals surface area contributed by atoms with E-state index in [0.717, 1.165) is 37.2 Å². The maximum atomic E-state index is 5.77. The van der Waals surface area contributed by atoms with E-state index in [0.29, 0.717) is 0 Å². The highest BCUT2D eigenvalue weighted by Gasteiger charge is 2.06. The van der Waals surface area contributed by atoms with Gasteiger partial charge in [-0.2, -0.15) is 0 Å². The molecule has 14 heavy (non-hydrogen) atoms. The number of rotatable bonds is 9. The van der Waals surface area contributed by atoms with E-state index in [1.54, 1.807) is 0 Å². The highest BCUT2D eigenvalue weighted by atomic mass is 35.5. The van der Waals surface area contributed by atoms with Gasteiger partial charge in [0, 0.05) is 5.88 Å². The van der Waals surface area contributed by atoms with E-state index in [9.17, 15) is 0 Å². The second kappa shape index (κ2) is 9.79. The van der Waals surface area contributed by atoms with E-state index in [2.05, 4.69) is 26.1 Å². The van der Waals surface area contributed by atoms with Gasteiger partial charge in [0.15, 0.2) is 0 Å². The van der Waals surface area contributed by atoms with E-state index in [4.69, 9.17) is 11.6 Å². The molecule has 0 aromatic heterocycles. The van der Waals surface area contributed by atoms with Gasteiger partial charge in [0.1, 0.15) is 0 Å². The number of nitrogens with one attached hydrogen (secondary N) is 1. The lowest BCUT2D eigenvalue weighted by atomic mass is 10.0. The fourth-order valence-corrected chi connectivity index (χ4v) is 1.92. The van der Waals surface area contributed by atoms with Gasteiger partial charge in [-0.25, -0.2) is 0 Å². The highest BCUT2D eigenvalue weighted by molar-refractivity contribution is 6.17. The Morgan fingerprint density at radius 2 is 1.86 bits per heavy atom. The third kappa shape index (κ3) is 8.83. The molecule has 86 valence electrons. The van der Waals surface area contributed by atoms with Gasteiger partial charge in [-0.1, -0.05) is 27.2 Å². The molecule has 0 aromatic rings. The first-order valence-corrected chi connectivity index (χ1v) is 6.50. The van der Waals surface area contributed by atoms with Gasteiger partial charge in [0.2, 0.25) is 0 Å². The molecule has 0 amide bonds. The number of hydrogen-bond donors (Lipinski definition) is 1. The third-order valence-electron chi connectivity index (χ3n) is 2.55. The summed E-state index contributed by atoms with van der Waals surface area (Å²) in [5.41, 5.74) is 0. The molecule has 1 N–H and O–H groups in total. The molecule has 0 fully saturated rings. The Morgan fingerprint density at radius 1 is 1.14 bits per heavy atom. The second-order valence-corrected chi connectivity index (χ2v) is 4.90. The molecular formula is C12H26ClN. The van der Waals surface area contributed by atoms with Crippen LogP contribution in [-0.4, -0.2) is 19.0 Å². The summed E-state index contributed by atoms with van der Waals surface area (Å²) in [6, 6.07) is 0. The summed E-state index contributed by atoms with van der Waals surface area (Å²) in [6.07, 6.45) is 5.01. The molecule has 1 nitrogen and oxygen atoms in total. The summed E-state index contributed by atoms with van der Waals surface area (Å²) < 4.78 is 0. The first-order valence-electron chi connectivity index (χ1n) is 5.97. The van der Waals surface area contributed by atoms with Crippen LogP contribution in [0.15, 0.2) is 0 Å². The quantitative estimate of drug-likeness (QED) is 0.461. The Labute approximate surface area is 94.6 Å². The Bertz CT molecular complexity index is 109. The fourth-order valence-electron chi connectivity index (χ4n) is 1.61. The van der Waals surface area contributed by atoms with Gasteiger partial charge in [0.25, 0.3) is 0 Å². The predicted molar refractivity (Wildman–Crippen MR) is 66.1 cm³/mol. The Kier molecular flexibility index (Phi) is 9.97. The molecule has 0 radical (unpaired) electrons. The van der Waals surface area contributed by atoms with Crippen LogP contribution in [0.2, 0.25) is 0 Å². The molecule has 0 heterocycles. The van der Waals surface area contributed by atoms with Crippen LogP contribution < -0.4 is 5.32 Å². The van der Waals surface area contributed by atoms with Crippen molar-refractivity contribution in [2.45, 2.75) is 46.5 Å². The van der Waals surface area contributed by atoms with E-state index < -0.39 is 0 Å². The SMILES string of the molecule is CCCC(CCCl)CNCCC(C)C. The predicted octanol–water partition coefficient (Wildman–Crippen LogP) is 3.67. The smallest absolute Gasteiger partial charge is 0.0226 e. The molecule has 0 aromatic carbocycles. The van der Waals surface area contributed by atoms with E-state index in [1.807, 2.05) is 0 Å². The Morgan fingerprint density at radius 3 is 2.36 bits per heavy atom. The zero-order chi connectivity index (χ0) is 10.8. The Balaban J connectivity index is 3.40. The van der Waals surface area contributed by atoms with Gasteiger partial charge in [-0.15, -0.1) is 11.6 Å². The lowest BCUT2D eigenvalue weighted by Crippen LogP contribution is -2.25. The third-order valence-corrected chi connectivity index (χ3v) is 2.76. The van der Waals surface area contributed by atoms with Gasteiger partial charge in [0.05, 0.1) is 0 Å². The molecule has 0 aliphatic rings. The lowest BCUT2D eigenvalue weighted by molar-refractivity contribution is 0.419. The van der Waals surface area contributed by atoms with E-state index in [-0.39, 0.29) is 0 Å². The van der Waals surface area contributed by atoms with Crippen LogP contribution in [-0.2, 0) is 0 Å². The van der Waals surface area contributed by atoms with Gasteiger partial charge >= 0.3 is 0 Å². The molecule has 2 heteroatoms. The highest BCUT2D eigenvalue weighted by Crippen LogP contribution is 2.11. The van der Waals surface area contributed by atoms with Crippen molar-refractivity contribution in [3.8, 4) is 0 Å². The minimum atomic E-state index is 0.782. The van der Waals surface area contributed by atoms with Crippen molar-refractivity contribution >= 4 is 11.6 Å². The summed E-state index contributed by atoms with van der Waals surface area (Å²) in [7, 11) is 0. The standard InChI is InChI=1S/C12H26ClN/c1-4-5-12(6-8-13)10-14-9-7-11(2)3/h11-12,14H,4-10H2,1-3H3. The van der Waals surface area contributed by atoms with Gasteiger partial charge < -0.3 is 5.32 Å². The summed E-state index contributed by atoms with van der Waals surface area (Å²) in [5.74, 6) is 2.39. The number of halogens is 1. The van der Waals surface area contributed by atoms with Crippen LogP contribution in [0.1, 0.15) is 46.5 Å².